The maximum atomic E-state index is 2.35. The number of rotatable bonds is 8. The molecule has 0 unspecified atom stereocenters. The Balaban J connectivity index is 0.00000289. The van der Waals surface area contributed by atoms with Crippen LogP contribution in [0.25, 0.3) is 0 Å². The minimum Gasteiger partial charge on any atom is -0.0622 e. The number of hydrogen-bond acceptors (Lipinski definition) is 0. The Labute approximate surface area is 224 Å². The van der Waals surface area contributed by atoms with Crippen LogP contribution in [-0.4, -0.2) is 0 Å². The van der Waals surface area contributed by atoms with Gasteiger partial charge in [-0.25, -0.2) is 0 Å². The molecular weight excluding hydrogens is 549 g/mol. The van der Waals surface area contributed by atoms with Crippen LogP contribution in [0.15, 0.2) is 146 Å². The van der Waals surface area contributed by atoms with E-state index in [9.17, 15) is 0 Å². The third-order valence-corrected chi connectivity index (χ3v) is 11.0. The summed E-state index contributed by atoms with van der Waals surface area (Å²) >= 11 is 0. The molecule has 0 spiro atoms. The molecule has 0 aromatic heterocycles. The third-order valence-electron chi connectivity index (χ3n) is 6.05. The first-order valence-corrected chi connectivity index (χ1v) is 14.8. The molecule has 0 N–H and O–H groups in total. The standard InChI is InChI=1S/C32H28P2.Rh/c1-5-17-29(18-6-1)33(30-19-7-2-8-20-30)25-27-15-13-14-16-28(27)26-34(31-21-9-3-10-22-31)32-23-11-4-12-24-32;/h1-24H,25-26H2;. The molecule has 5 rings (SSSR count). The molecular formula is C32H28P2Rh. The van der Waals surface area contributed by atoms with Gasteiger partial charge in [0.25, 0.3) is 0 Å². The molecule has 5 aromatic carbocycles. The van der Waals surface area contributed by atoms with E-state index in [2.05, 4.69) is 146 Å². The van der Waals surface area contributed by atoms with Crippen molar-refractivity contribution in [1.29, 1.82) is 0 Å². The van der Waals surface area contributed by atoms with Crippen molar-refractivity contribution in [2.24, 2.45) is 0 Å². The maximum Gasteiger partial charge on any atom is 0.00103 e. The second kappa shape index (κ2) is 13.0. The zero-order valence-electron chi connectivity index (χ0n) is 19.5. The van der Waals surface area contributed by atoms with Gasteiger partial charge in [-0.3, -0.25) is 0 Å². The molecule has 35 heavy (non-hydrogen) atoms. The largest absolute Gasteiger partial charge is 0.0622 e. The van der Waals surface area contributed by atoms with Gasteiger partial charge in [-0.1, -0.05) is 146 Å². The normalized spacial score (nSPS) is 10.8. The van der Waals surface area contributed by atoms with Crippen LogP contribution in [-0.2, 0) is 31.8 Å². The van der Waals surface area contributed by atoms with E-state index in [-0.39, 0.29) is 19.5 Å². The van der Waals surface area contributed by atoms with Crippen LogP contribution in [0.4, 0.5) is 0 Å². The van der Waals surface area contributed by atoms with Gasteiger partial charge in [0.15, 0.2) is 0 Å². The Morgan fingerprint density at radius 3 is 0.800 bits per heavy atom. The van der Waals surface area contributed by atoms with E-state index in [1.165, 1.54) is 32.3 Å². The molecule has 0 aliphatic heterocycles. The maximum absolute atomic E-state index is 2.35. The Morgan fingerprint density at radius 1 is 0.314 bits per heavy atom. The third kappa shape index (κ3) is 6.63. The first kappa shape index (κ1) is 25.7. The van der Waals surface area contributed by atoms with Gasteiger partial charge >= 0.3 is 0 Å². The molecule has 1 radical (unpaired) electrons. The van der Waals surface area contributed by atoms with E-state index in [1.54, 1.807) is 0 Å². The summed E-state index contributed by atoms with van der Waals surface area (Å²) in [6, 6.07) is 53.3. The predicted molar refractivity (Wildman–Crippen MR) is 152 cm³/mol. The molecule has 175 valence electrons. The van der Waals surface area contributed by atoms with Crippen molar-refractivity contribution in [2.75, 3.05) is 0 Å². The minimum absolute atomic E-state index is 0. The van der Waals surface area contributed by atoms with Crippen molar-refractivity contribution in [1.82, 2.24) is 0 Å². The van der Waals surface area contributed by atoms with Crippen LogP contribution in [0, 0.1) is 0 Å². The summed E-state index contributed by atoms with van der Waals surface area (Å²) in [6.07, 6.45) is 2.12. The van der Waals surface area contributed by atoms with Gasteiger partial charge in [0.05, 0.1) is 0 Å². The fraction of sp³-hybridized carbons (Fsp3) is 0.0625. The first-order chi connectivity index (χ1) is 16.9. The molecule has 5 aromatic rings. The molecule has 0 bridgehead atoms. The first-order valence-electron chi connectivity index (χ1n) is 11.7. The Bertz CT molecular complexity index is 1110. The zero-order valence-corrected chi connectivity index (χ0v) is 22.9. The predicted octanol–water partition coefficient (Wildman–Crippen LogP) is 6.95. The van der Waals surface area contributed by atoms with Gasteiger partial charge in [-0.15, -0.1) is 0 Å². The average Bonchev–Trinajstić information content (AvgIpc) is 2.93. The molecule has 0 amide bonds. The van der Waals surface area contributed by atoms with E-state index in [4.69, 9.17) is 0 Å². The van der Waals surface area contributed by atoms with Gasteiger partial charge in [0.2, 0.25) is 0 Å². The summed E-state index contributed by atoms with van der Waals surface area (Å²) < 4.78 is 0. The van der Waals surface area contributed by atoms with Crippen molar-refractivity contribution in [2.45, 2.75) is 12.3 Å². The fourth-order valence-corrected chi connectivity index (χ4v) is 9.05. The molecule has 0 nitrogen and oxygen atoms in total. The fourth-order valence-electron chi connectivity index (χ4n) is 4.30. The summed E-state index contributed by atoms with van der Waals surface area (Å²) in [6.45, 7) is 0. The number of hydrogen-bond donors (Lipinski definition) is 0. The molecule has 0 fully saturated rings. The topological polar surface area (TPSA) is 0 Å². The van der Waals surface area contributed by atoms with E-state index < -0.39 is 15.8 Å². The van der Waals surface area contributed by atoms with Crippen LogP contribution in [0.5, 0.6) is 0 Å². The second-order valence-electron chi connectivity index (χ2n) is 8.28. The molecule has 0 heterocycles. The summed E-state index contributed by atoms with van der Waals surface area (Å²) in [5, 5.41) is 5.75. The van der Waals surface area contributed by atoms with Crippen LogP contribution in [0.1, 0.15) is 11.1 Å². The second-order valence-corrected chi connectivity index (χ2v) is 12.7. The van der Waals surface area contributed by atoms with Gasteiger partial charge in [0.1, 0.15) is 0 Å². The van der Waals surface area contributed by atoms with Crippen LogP contribution < -0.4 is 21.2 Å². The smallest absolute Gasteiger partial charge is 0.00103 e. The van der Waals surface area contributed by atoms with E-state index in [0.717, 1.165) is 12.3 Å². The van der Waals surface area contributed by atoms with Crippen LogP contribution >= 0.6 is 15.8 Å². The van der Waals surface area contributed by atoms with E-state index in [1.807, 2.05) is 0 Å². The van der Waals surface area contributed by atoms with Crippen molar-refractivity contribution >= 4 is 37.1 Å². The summed E-state index contributed by atoms with van der Waals surface area (Å²) in [5.41, 5.74) is 2.95. The van der Waals surface area contributed by atoms with Gasteiger partial charge < -0.3 is 0 Å². The summed E-state index contributed by atoms with van der Waals surface area (Å²) in [5.74, 6) is 0. The Hall–Kier alpha value is -2.42. The monoisotopic (exact) mass is 577 g/mol. The minimum atomic E-state index is -0.470. The molecule has 0 saturated carbocycles. The van der Waals surface area contributed by atoms with Crippen molar-refractivity contribution in [3.05, 3.63) is 157 Å². The summed E-state index contributed by atoms with van der Waals surface area (Å²) in [4.78, 5) is 0. The van der Waals surface area contributed by atoms with Crippen molar-refractivity contribution in [3.63, 3.8) is 0 Å². The van der Waals surface area contributed by atoms with Gasteiger partial charge in [-0.05, 0) is 48.2 Å². The quantitative estimate of drug-likeness (QED) is 0.138. The van der Waals surface area contributed by atoms with E-state index >= 15 is 0 Å². The number of benzene rings is 5. The Kier molecular flexibility index (Phi) is 9.57. The van der Waals surface area contributed by atoms with Gasteiger partial charge in [0, 0.05) is 31.8 Å². The van der Waals surface area contributed by atoms with Crippen molar-refractivity contribution < 1.29 is 19.5 Å². The van der Waals surface area contributed by atoms with Crippen LogP contribution in [0.2, 0.25) is 0 Å². The Morgan fingerprint density at radius 2 is 0.543 bits per heavy atom. The molecule has 3 heteroatoms. The molecule has 0 aliphatic carbocycles. The summed E-state index contributed by atoms with van der Waals surface area (Å²) in [7, 11) is -0.939. The van der Waals surface area contributed by atoms with Crippen LogP contribution in [0.3, 0.4) is 0 Å². The SMILES string of the molecule is [Rh].c1ccc(P(Cc2ccccc2CP(c2ccccc2)c2ccccc2)c2ccccc2)cc1. The average molecular weight is 577 g/mol. The molecule has 0 saturated heterocycles. The van der Waals surface area contributed by atoms with Crippen molar-refractivity contribution in [3.8, 4) is 0 Å². The molecule has 0 aliphatic rings. The molecule has 0 atom stereocenters. The zero-order chi connectivity index (χ0) is 23.0. The van der Waals surface area contributed by atoms with E-state index in [0.29, 0.717) is 0 Å². The van der Waals surface area contributed by atoms with Gasteiger partial charge in [-0.2, -0.15) is 0 Å².